The average molecular weight is 286 g/mol. The summed E-state index contributed by atoms with van der Waals surface area (Å²) in [5, 5.41) is 3.37. The van der Waals surface area contributed by atoms with Crippen molar-refractivity contribution < 1.29 is 9.53 Å². The predicted octanol–water partition coefficient (Wildman–Crippen LogP) is 1.51. The molecule has 21 heavy (non-hydrogen) atoms. The maximum absolute atomic E-state index is 12.6. The molecule has 0 saturated carbocycles. The zero-order valence-electron chi connectivity index (χ0n) is 12.5. The van der Waals surface area contributed by atoms with Gasteiger partial charge in [0.1, 0.15) is 0 Å². The summed E-state index contributed by atoms with van der Waals surface area (Å²) in [5.74, 6) is 0.220. The van der Waals surface area contributed by atoms with Crippen LogP contribution in [0.4, 0.5) is 0 Å². The van der Waals surface area contributed by atoms with Crippen LogP contribution in [0.5, 0.6) is 0 Å². The lowest BCUT2D eigenvalue weighted by atomic mass is 9.95. The van der Waals surface area contributed by atoms with Crippen LogP contribution in [0.15, 0.2) is 35.9 Å². The molecule has 1 N–H and O–H groups in total. The summed E-state index contributed by atoms with van der Waals surface area (Å²) in [6, 6.07) is 8.27. The highest BCUT2D eigenvalue weighted by atomic mass is 16.5. The molecule has 3 rings (SSSR count). The number of carbonyl (C=O) groups is 1. The number of carbonyl (C=O) groups excluding carboxylic acids is 1. The van der Waals surface area contributed by atoms with E-state index in [1.54, 1.807) is 7.11 Å². The molecule has 0 fully saturated rings. The van der Waals surface area contributed by atoms with Crippen molar-refractivity contribution in [2.24, 2.45) is 0 Å². The highest BCUT2D eigenvalue weighted by Gasteiger charge is 2.28. The largest absolute Gasteiger partial charge is 0.380 e. The fourth-order valence-electron chi connectivity index (χ4n) is 3.08. The molecule has 2 aliphatic rings. The van der Waals surface area contributed by atoms with Crippen LogP contribution in [0.2, 0.25) is 0 Å². The third kappa shape index (κ3) is 3.17. The van der Waals surface area contributed by atoms with E-state index in [9.17, 15) is 4.79 Å². The smallest absolute Gasteiger partial charge is 0.240 e. The van der Waals surface area contributed by atoms with Crippen molar-refractivity contribution >= 4 is 5.91 Å². The highest BCUT2D eigenvalue weighted by Crippen LogP contribution is 2.19. The fourth-order valence-corrected chi connectivity index (χ4v) is 3.08. The molecule has 1 aromatic rings. The second-order valence-electron chi connectivity index (χ2n) is 5.74. The molecular formula is C17H22N2O2. The number of methoxy groups -OCH3 is 1. The summed E-state index contributed by atoms with van der Waals surface area (Å²) in [7, 11) is 1.71. The third-order valence-electron chi connectivity index (χ3n) is 4.32. The van der Waals surface area contributed by atoms with E-state index in [2.05, 4.69) is 29.6 Å². The molecule has 4 heteroatoms. The molecule has 0 aliphatic carbocycles. The first-order valence-electron chi connectivity index (χ1n) is 7.53. The van der Waals surface area contributed by atoms with E-state index in [0.717, 1.165) is 25.9 Å². The summed E-state index contributed by atoms with van der Waals surface area (Å²) in [5.41, 5.74) is 3.90. The summed E-state index contributed by atoms with van der Waals surface area (Å²) in [4.78, 5) is 14.6. The van der Waals surface area contributed by atoms with Crippen LogP contribution >= 0.6 is 0 Å². The first-order chi connectivity index (χ1) is 10.3. The van der Waals surface area contributed by atoms with E-state index in [0.29, 0.717) is 13.2 Å². The number of nitrogens with one attached hydrogen (secondary N) is 1. The lowest BCUT2D eigenvalue weighted by Crippen LogP contribution is -2.50. The molecular weight excluding hydrogens is 264 g/mol. The van der Waals surface area contributed by atoms with Crippen LogP contribution in [0.3, 0.4) is 0 Å². The average Bonchev–Trinajstić information content (AvgIpc) is 2.55. The summed E-state index contributed by atoms with van der Waals surface area (Å²) in [6.45, 7) is 2.97. The van der Waals surface area contributed by atoms with Crippen molar-refractivity contribution in [1.82, 2.24) is 10.2 Å². The molecule has 0 aromatic heterocycles. The number of ether oxygens (including phenoxy) is 1. The van der Waals surface area contributed by atoms with Gasteiger partial charge in [0.05, 0.1) is 12.6 Å². The number of fused-ring (bicyclic) bond motifs is 1. The van der Waals surface area contributed by atoms with E-state index in [4.69, 9.17) is 4.74 Å². The Morgan fingerprint density at radius 3 is 2.90 bits per heavy atom. The van der Waals surface area contributed by atoms with E-state index in [1.807, 2.05) is 11.0 Å². The van der Waals surface area contributed by atoms with Gasteiger partial charge in [0.2, 0.25) is 5.91 Å². The minimum absolute atomic E-state index is 0.0859. The van der Waals surface area contributed by atoms with Crippen molar-refractivity contribution in [2.75, 3.05) is 26.8 Å². The van der Waals surface area contributed by atoms with Crippen LogP contribution in [-0.4, -0.2) is 43.7 Å². The number of rotatable bonds is 3. The van der Waals surface area contributed by atoms with Gasteiger partial charge in [-0.3, -0.25) is 4.79 Å². The van der Waals surface area contributed by atoms with E-state index in [1.165, 1.54) is 16.7 Å². The summed E-state index contributed by atoms with van der Waals surface area (Å²) >= 11 is 0. The molecule has 0 saturated heterocycles. The molecule has 1 amide bonds. The van der Waals surface area contributed by atoms with Crippen LogP contribution in [0, 0.1) is 0 Å². The van der Waals surface area contributed by atoms with Crippen LogP contribution in [0.1, 0.15) is 17.5 Å². The number of nitrogens with zero attached hydrogens (tertiary/aromatic N) is 1. The minimum atomic E-state index is -0.0859. The van der Waals surface area contributed by atoms with Crippen molar-refractivity contribution in [3.05, 3.63) is 47.0 Å². The summed E-state index contributed by atoms with van der Waals surface area (Å²) < 4.78 is 5.15. The Morgan fingerprint density at radius 2 is 2.19 bits per heavy atom. The first-order valence-corrected chi connectivity index (χ1v) is 7.53. The fraction of sp³-hybridized carbons (Fsp3) is 0.471. The Kier molecular flexibility index (Phi) is 4.36. The SMILES string of the molecule is COCC1=CCN(C(=O)C2Cc3ccccc3CN2)CC1. The lowest BCUT2D eigenvalue weighted by Gasteiger charge is -2.32. The van der Waals surface area contributed by atoms with Crippen LogP contribution in [0.25, 0.3) is 0 Å². The van der Waals surface area contributed by atoms with Gasteiger partial charge in [0.25, 0.3) is 0 Å². The Bertz CT molecular complexity index is 553. The zero-order valence-corrected chi connectivity index (χ0v) is 12.5. The van der Waals surface area contributed by atoms with Gasteiger partial charge in [-0.1, -0.05) is 30.3 Å². The molecule has 1 atom stereocenters. The van der Waals surface area contributed by atoms with Gasteiger partial charge in [0.15, 0.2) is 0 Å². The van der Waals surface area contributed by atoms with Crippen molar-refractivity contribution in [3.8, 4) is 0 Å². The molecule has 0 spiro atoms. The maximum Gasteiger partial charge on any atom is 0.240 e. The molecule has 4 nitrogen and oxygen atoms in total. The normalized spacial score (nSPS) is 21.7. The lowest BCUT2D eigenvalue weighted by molar-refractivity contribution is -0.133. The van der Waals surface area contributed by atoms with Crippen molar-refractivity contribution in [3.63, 3.8) is 0 Å². The second-order valence-corrected chi connectivity index (χ2v) is 5.74. The molecule has 112 valence electrons. The quantitative estimate of drug-likeness (QED) is 0.856. The Balaban J connectivity index is 1.62. The van der Waals surface area contributed by atoms with Crippen LogP contribution < -0.4 is 5.32 Å². The second kappa shape index (κ2) is 6.41. The van der Waals surface area contributed by atoms with Gasteiger partial charge in [-0.25, -0.2) is 0 Å². The number of hydrogen-bond donors (Lipinski definition) is 1. The van der Waals surface area contributed by atoms with Gasteiger partial charge in [-0.15, -0.1) is 0 Å². The molecule has 1 unspecified atom stereocenters. The van der Waals surface area contributed by atoms with Crippen molar-refractivity contribution in [2.45, 2.75) is 25.4 Å². The standard InChI is InChI=1S/C17H22N2O2/c1-21-12-13-6-8-19(9-7-13)17(20)16-10-14-4-2-3-5-15(14)11-18-16/h2-6,16,18H,7-12H2,1H3. The van der Waals surface area contributed by atoms with Gasteiger partial charge >= 0.3 is 0 Å². The molecule has 0 bridgehead atoms. The molecule has 0 radical (unpaired) electrons. The van der Waals surface area contributed by atoms with Gasteiger partial charge < -0.3 is 15.0 Å². The Hall–Kier alpha value is -1.65. The predicted molar refractivity (Wildman–Crippen MR) is 81.9 cm³/mol. The van der Waals surface area contributed by atoms with Crippen molar-refractivity contribution in [1.29, 1.82) is 0 Å². The first kappa shape index (κ1) is 14.3. The Labute approximate surface area is 125 Å². The third-order valence-corrected chi connectivity index (χ3v) is 4.32. The highest BCUT2D eigenvalue weighted by molar-refractivity contribution is 5.83. The maximum atomic E-state index is 12.6. The monoisotopic (exact) mass is 286 g/mol. The number of benzene rings is 1. The Morgan fingerprint density at radius 1 is 1.38 bits per heavy atom. The molecule has 1 aromatic carbocycles. The van der Waals surface area contributed by atoms with Gasteiger partial charge in [-0.2, -0.15) is 0 Å². The molecule has 2 heterocycles. The van der Waals surface area contributed by atoms with Gasteiger partial charge in [0, 0.05) is 26.7 Å². The molecule has 2 aliphatic heterocycles. The van der Waals surface area contributed by atoms with E-state index in [-0.39, 0.29) is 11.9 Å². The van der Waals surface area contributed by atoms with E-state index >= 15 is 0 Å². The van der Waals surface area contributed by atoms with Gasteiger partial charge in [-0.05, 0) is 29.5 Å². The topological polar surface area (TPSA) is 41.6 Å². The van der Waals surface area contributed by atoms with E-state index < -0.39 is 0 Å². The van der Waals surface area contributed by atoms with Crippen LogP contribution in [-0.2, 0) is 22.5 Å². The number of amides is 1. The number of hydrogen-bond acceptors (Lipinski definition) is 3. The summed E-state index contributed by atoms with van der Waals surface area (Å²) in [6.07, 6.45) is 3.84. The zero-order chi connectivity index (χ0) is 14.7. The minimum Gasteiger partial charge on any atom is -0.380 e.